The van der Waals surface area contributed by atoms with Gasteiger partial charge < -0.3 is 36.2 Å². The summed E-state index contributed by atoms with van der Waals surface area (Å²) in [5.41, 5.74) is 9.64. The number of hydrogen-bond donors (Lipinski definition) is 6. The highest BCUT2D eigenvalue weighted by atomic mass is 32.2. The summed E-state index contributed by atoms with van der Waals surface area (Å²) < 4.78 is 52.4. The lowest BCUT2D eigenvalue weighted by Gasteiger charge is -2.18. The molecule has 0 aliphatic rings. The summed E-state index contributed by atoms with van der Waals surface area (Å²) >= 11 is 1.14. The fourth-order valence-corrected chi connectivity index (χ4v) is 9.18. The maximum Gasteiger partial charge on any atom is 0.317 e. The fourth-order valence-electron chi connectivity index (χ4n) is 5.80. The van der Waals surface area contributed by atoms with Gasteiger partial charge in [-0.1, -0.05) is 24.3 Å². The van der Waals surface area contributed by atoms with E-state index in [1.54, 1.807) is 79.7 Å². The number of thioether (sulfide) groups is 1. The molecule has 0 aliphatic heterocycles. The minimum atomic E-state index is -4.41. The third-order valence-electron chi connectivity index (χ3n) is 8.93. The SMILES string of the molecule is CCOP(=O)(/C=C\SCC(NC(=O)c1ccc(/N=N/c2ccc(N(C)C)cc2)cc1)C(=O)CN)Nc1ccc(C(=O)NCCNc2cccc3c(S(=O)(=O)O)cccc23)cc1. The molecule has 0 fully saturated rings. The molecule has 5 aromatic carbocycles. The van der Waals surface area contributed by atoms with E-state index in [4.69, 9.17) is 10.3 Å². The van der Waals surface area contributed by atoms with Crippen molar-refractivity contribution in [3.05, 3.63) is 132 Å². The van der Waals surface area contributed by atoms with Crippen molar-refractivity contribution in [3.63, 3.8) is 0 Å². The van der Waals surface area contributed by atoms with Crippen molar-refractivity contribution < 1.29 is 36.4 Å². The average Bonchev–Trinajstić information content (AvgIpc) is 3.25. The first kappa shape index (κ1) is 46.2. The number of benzene rings is 5. The van der Waals surface area contributed by atoms with Gasteiger partial charge in [-0.3, -0.25) is 23.5 Å². The summed E-state index contributed by atoms with van der Waals surface area (Å²) in [6.07, 6.45) is 0. The Morgan fingerprint density at radius 2 is 1.46 bits per heavy atom. The lowest BCUT2D eigenvalue weighted by Crippen LogP contribution is -2.45. The molecule has 0 bridgehead atoms. The number of anilines is 3. The van der Waals surface area contributed by atoms with Crippen molar-refractivity contribution in [1.29, 1.82) is 0 Å². The number of ketones is 1. The van der Waals surface area contributed by atoms with Crippen molar-refractivity contribution in [1.82, 2.24) is 10.6 Å². The first-order valence-corrected chi connectivity index (χ1v) is 23.1. The first-order chi connectivity index (χ1) is 29.2. The van der Waals surface area contributed by atoms with Gasteiger partial charge in [-0.2, -0.15) is 18.6 Å². The van der Waals surface area contributed by atoms with E-state index in [1.165, 1.54) is 23.4 Å². The van der Waals surface area contributed by atoms with Crippen LogP contribution >= 0.6 is 19.3 Å². The van der Waals surface area contributed by atoms with Gasteiger partial charge in [0.05, 0.1) is 30.6 Å². The van der Waals surface area contributed by atoms with Crippen LogP contribution in [-0.2, 0) is 24.0 Å². The Balaban J connectivity index is 1.10. The Morgan fingerprint density at radius 3 is 2.08 bits per heavy atom. The number of rotatable bonds is 21. The molecule has 2 atom stereocenters. The largest absolute Gasteiger partial charge is 0.383 e. The summed E-state index contributed by atoms with van der Waals surface area (Å²) in [7, 11) is -4.09. The van der Waals surface area contributed by atoms with Crippen LogP contribution in [0.4, 0.5) is 28.4 Å². The number of nitrogens with zero attached hydrogens (tertiary/aromatic N) is 3. The third-order valence-corrected chi connectivity index (χ3v) is 12.6. The molecule has 5 rings (SSSR count). The molecule has 61 heavy (non-hydrogen) atoms. The van der Waals surface area contributed by atoms with E-state index in [9.17, 15) is 31.9 Å². The van der Waals surface area contributed by atoms with Gasteiger partial charge in [0.15, 0.2) is 5.78 Å². The maximum atomic E-state index is 13.7. The first-order valence-electron chi connectivity index (χ1n) is 19.0. The van der Waals surface area contributed by atoms with Crippen molar-refractivity contribution >= 4 is 86.2 Å². The quantitative estimate of drug-likeness (QED) is 0.0181. The van der Waals surface area contributed by atoms with Gasteiger partial charge in [-0.25, -0.2) is 0 Å². The number of amides is 2. The zero-order chi connectivity index (χ0) is 44.0. The van der Waals surface area contributed by atoms with E-state index in [1.807, 2.05) is 43.3 Å². The number of nitrogens with one attached hydrogen (secondary N) is 4. The van der Waals surface area contributed by atoms with E-state index < -0.39 is 29.6 Å². The highest BCUT2D eigenvalue weighted by Crippen LogP contribution is 2.48. The van der Waals surface area contributed by atoms with Gasteiger partial charge in [-0.15, -0.1) is 11.8 Å². The van der Waals surface area contributed by atoms with Crippen molar-refractivity contribution in [2.75, 3.05) is 61.4 Å². The second-order valence-corrected chi connectivity index (χ2v) is 17.8. The van der Waals surface area contributed by atoms with Gasteiger partial charge >= 0.3 is 7.52 Å². The molecule has 0 spiro atoms. The number of carbonyl (C=O) groups excluding carboxylic acids is 3. The zero-order valence-electron chi connectivity index (χ0n) is 33.6. The Morgan fingerprint density at radius 1 is 0.852 bits per heavy atom. The molecule has 5 aromatic rings. The number of fused-ring (bicyclic) bond motifs is 1. The molecule has 7 N–H and O–H groups in total. The highest BCUT2D eigenvalue weighted by molar-refractivity contribution is 8.02. The number of nitrogens with two attached hydrogens (primary N) is 1. The van der Waals surface area contributed by atoms with E-state index in [-0.39, 0.29) is 42.0 Å². The van der Waals surface area contributed by atoms with Crippen LogP contribution in [0.3, 0.4) is 0 Å². The molecule has 19 heteroatoms. The summed E-state index contributed by atoms with van der Waals surface area (Å²) in [5.74, 6) is 0.269. The summed E-state index contributed by atoms with van der Waals surface area (Å²) in [5, 5.41) is 22.6. The maximum absolute atomic E-state index is 13.7. The smallest absolute Gasteiger partial charge is 0.317 e. The highest BCUT2D eigenvalue weighted by Gasteiger charge is 2.22. The van der Waals surface area contributed by atoms with Crippen LogP contribution < -0.4 is 31.7 Å². The average molecular weight is 887 g/mol. The summed E-state index contributed by atoms with van der Waals surface area (Å²) in [6.45, 7) is 2.10. The molecular weight excluding hydrogens is 840 g/mol. The van der Waals surface area contributed by atoms with E-state index in [0.29, 0.717) is 51.2 Å². The third kappa shape index (κ3) is 13.3. The summed E-state index contributed by atoms with van der Waals surface area (Å²) in [4.78, 5) is 40.4. The molecule has 0 aliphatic carbocycles. The van der Waals surface area contributed by atoms with Gasteiger partial charge in [0, 0.05) is 77.7 Å². The molecule has 0 aromatic heterocycles. The van der Waals surface area contributed by atoms with E-state index in [0.717, 1.165) is 17.4 Å². The van der Waals surface area contributed by atoms with Crippen LogP contribution in [0, 0.1) is 0 Å². The number of carbonyl (C=O) groups is 3. The predicted octanol–water partition coefficient (Wildman–Crippen LogP) is 7.58. The van der Waals surface area contributed by atoms with Gasteiger partial charge in [-0.05, 0) is 97.3 Å². The topological polar surface area (TPSA) is 234 Å². The van der Waals surface area contributed by atoms with Crippen LogP contribution in [0.15, 0.2) is 136 Å². The number of azo groups is 1. The lowest BCUT2D eigenvalue weighted by molar-refractivity contribution is -0.119. The molecule has 320 valence electrons. The second kappa shape index (κ2) is 21.6. The Kier molecular flexibility index (Phi) is 16.3. The monoisotopic (exact) mass is 886 g/mol. The van der Waals surface area contributed by atoms with Crippen LogP contribution in [0.2, 0.25) is 0 Å². The molecule has 2 unspecified atom stereocenters. The predicted molar refractivity (Wildman–Crippen MR) is 242 cm³/mol. The van der Waals surface area contributed by atoms with E-state index >= 15 is 0 Å². The van der Waals surface area contributed by atoms with Gasteiger partial charge in [0.1, 0.15) is 4.90 Å². The van der Waals surface area contributed by atoms with Gasteiger partial charge in [0.2, 0.25) is 0 Å². The molecule has 0 heterocycles. The van der Waals surface area contributed by atoms with Crippen LogP contribution in [0.1, 0.15) is 27.6 Å². The molecular formula is C42H47N8O8PS2. The van der Waals surface area contributed by atoms with Crippen LogP contribution in [0.5, 0.6) is 0 Å². The normalized spacial score (nSPS) is 13.1. The Hall–Kier alpha value is -5.88. The van der Waals surface area contributed by atoms with Gasteiger partial charge in [0.25, 0.3) is 21.9 Å². The van der Waals surface area contributed by atoms with Crippen LogP contribution in [-0.4, -0.2) is 82.7 Å². The fraction of sp³-hybridized carbons (Fsp3) is 0.214. The standard InChI is InChI=1S/C42H47N8O8PS2/c1-4-58-59(54,49-33-17-13-29(14-18-33)41(52)45-24-23-44-37-9-5-8-36-35(37)7-6-10-40(36)61(55,56)57)25-26-60-28-38(39(51)27-43)46-42(53)30-11-15-31(16-12-30)47-48-32-19-21-34(22-20-32)50(2)3/h5-22,25-26,38,44H,4,23-24,27-28,43H2,1-3H3,(H,45,52)(H,46,53)(H,49,54)(H,55,56,57)/b26-25-,48-47+. The molecule has 2 amide bonds. The van der Waals surface area contributed by atoms with E-state index in [2.05, 4.69) is 31.3 Å². The molecule has 0 radical (unpaired) electrons. The molecule has 16 nitrogen and oxygen atoms in total. The minimum absolute atomic E-state index is 0.111. The zero-order valence-corrected chi connectivity index (χ0v) is 36.2. The molecule has 0 saturated carbocycles. The van der Waals surface area contributed by atoms with Crippen molar-refractivity contribution in [2.24, 2.45) is 16.0 Å². The Bertz CT molecular complexity index is 2540. The number of Topliss-reactive ketones (excluding diaryl/α,β-unsaturated/α-hetero) is 1. The van der Waals surface area contributed by atoms with Crippen molar-refractivity contribution in [3.8, 4) is 0 Å². The number of hydrogen-bond acceptors (Lipinski definition) is 13. The van der Waals surface area contributed by atoms with Crippen LogP contribution in [0.25, 0.3) is 10.8 Å². The summed E-state index contributed by atoms with van der Waals surface area (Å²) in [6, 6.07) is 29.1. The lowest BCUT2D eigenvalue weighted by atomic mass is 10.1. The Labute approximate surface area is 358 Å². The minimum Gasteiger partial charge on any atom is -0.383 e. The second-order valence-electron chi connectivity index (χ2n) is 13.5. The molecule has 0 saturated heterocycles. The van der Waals surface area contributed by atoms with Crippen molar-refractivity contribution in [2.45, 2.75) is 17.9 Å².